The van der Waals surface area contributed by atoms with Gasteiger partial charge >= 0.3 is 5.97 Å². The van der Waals surface area contributed by atoms with Crippen molar-refractivity contribution in [2.45, 2.75) is 51.2 Å². The average Bonchev–Trinajstić information content (AvgIpc) is 2.92. The largest absolute Gasteiger partial charge is 0.497 e. The fraction of sp³-hybridized carbons (Fsp3) is 0.448. The number of likely N-dealkylation sites (tertiary alicyclic amines) is 1. The molecule has 1 atom stereocenters. The van der Waals surface area contributed by atoms with Gasteiger partial charge in [0.1, 0.15) is 23.2 Å². The maximum absolute atomic E-state index is 13.9. The van der Waals surface area contributed by atoms with Crippen LogP contribution in [-0.4, -0.2) is 52.8 Å². The van der Waals surface area contributed by atoms with Crippen molar-refractivity contribution >= 4 is 16.9 Å². The predicted molar refractivity (Wildman–Crippen MR) is 141 cm³/mol. The van der Waals surface area contributed by atoms with Gasteiger partial charge in [0.25, 0.3) is 0 Å². The van der Waals surface area contributed by atoms with Crippen molar-refractivity contribution in [3.8, 4) is 5.75 Å². The fourth-order valence-electron chi connectivity index (χ4n) is 5.54. The average molecular weight is 546 g/mol. The molecule has 4 N–H and O–H groups in total. The van der Waals surface area contributed by atoms with Crippen LogP contribution in [0, 0.1) is 22.9 Å². The van der Waals surface area contributed by atoms with Gasteiger partial charge in [0.2, 0.25) is 0 Å². The minimum atomic E-state index is -0.990. The van der Waals surface area contributed by atoms with Gasteiger partial charge in [0.15, 0.2) is 0 Å². The van der Waals surface area contributed by atoms with Crippen LogP contribution in [0.5, 0.6) is 5.75 Å². The van der Waals surface area contributed by atoms with Crippen molar-refractivity contribution in [3.63, 3.8) is 0 Å². The summed E-state index contributed by atoms with van der Waals surface area (Å²) in [6.45, 7) is 1.75. The van der Waals surface area contributed by atoms with Crippen molar-refractivity contribution in [1.82, 2.24) is 9.88 Å². The van der Waals surface area contributed by atoms with E-state index in [0.717, 1.165) is 5.39 Å². The molecule has 1 aliphatic rings. The molecule has 1 aliphatic heterocycles. The Kier molecular flexibility index (Phi) is 9.09. The number of aromatic nitrogens is 1. The van der Waals surface area contributed by atoms with Crippen LogP contribution in [0.15, 0.2) is 36.5 Å². The first kappa shape index (κ1) is 28.8. The number of carboxylic acid groups (broad SMARTS) is 1. The molecule has 1 saturated heterocycles. The highest BCUT2D eigenvalue weighted by atomic mass is 19.1. The van der Waals surface area contributed by atoms with Crippen LogP contribution in [0.3, 0.4) is 0 Å². The number of pyridine rings is 1. The molecule has 1 aromatic heterocycles. The number of methoxy groups -OCH3 is 1. The summed E-state index contributed by atoms with van der Waals surface area (Å²) in [5.41, 5.74) is 6.82. The summed E-state index contributed by atoms with van der Waals surface area (Å²) in [5.74, 6) is -3.02. The Balaban J connectivity index is 1.39. The van der Waals surface area contributed by atoms with Crippen LogP contribution in [0.1, 0.15) is 54.9 Å². The Morgan fingerprint density at radius 3 is 2.49 bits per heavy atom. The third kappa shape index (κ3) is 6.34. The number of carbonyl (C=O) groups is 1. The highest BCUT2D eigenvalue weighted by Crippen LogP contribution is 2.40. The molecule has 7 nitrogen and oxygen atoms in total. The van der Waals surface area contributed by atoms with Gasteiger partial charge in [0, 0.05) is 35.8 Å². The lowest BCUT2D eigenvalue weighted by Crippen LogP contribution is -2.44. The topological polar surface area (TPSA) is 109 Å². The summed E-state index contributed by atoms with van der Waals surface area (Å²) in [5, 5.41) is 22.1. The molecule has 210 valence electrons. The highest BCUT2D eigenvalue weighted by Gasteiger charge is 2.41. The van der Waals surface area contributed by atoms with Crippen LogP contribution in [-0.2, 0) is 17.8 Å². The van der Waals surface area contributed by atoms with E-state index in [4.69, 9.17) is 10.5 Å². The van der Waals surface area contributed by atoms with Gasteiger partial charge < -0.3 is 25.6 Å². The molecule has 0 bridgehead atoms. The van der Waals surface area contributed by atoms with Crippen molar-refractivity contribution < 1.29 is 32.9 Å². The Bertz CT molecular complexity index is 1300. The second-order valence-corrected chi connectivity index (χ2v) is 10.2. The van der Waals surface area contributed by atoms with E-state index >= 15 is 0 Å². The number of nitrogens with two attached hydrogens (primary N) is 1. The van der Waals surface area contributed by atoms with Gasteiger partial charge in [0.05, 0.1) is 24.1 Å². The third-order valence-electron chi connectivity index (χ3n) is 7.92. The van der Waals surface area contributed by atoms with Gasteiger partial charge in [-0.05, 0) is 87.5 Å². The molecule has 2 aromatic carbocycles. The summed E-state index contributed by atoms with van der Waals surface area (Å²) in [6.07, 6.45) is 2.59. The van der Waals surface area contributed by atoms with E-state index in [1.165, 1.54) is 0 Å². The van der Waals surface area contributed by atoms with E-state index in [2.05, 4.69) is 9.88 Å². The molecule has 10 heteroatoms. The molecule has 0 amide bonds. The number of piperidine rings is 1. The number of hydrogen-bond donors (Lipinski definition) is 3. The monoisotopic (exact) mass is 545 g/mol. The smallest absolute Gasteiger partial charge is 0.309 e. The summed E-state index contributed by atoms with van der Waals surface area (Å²) in [4.78, 5) is 18.9. The number of aliphatic hydroxyl groups excluding tert-OH is 1. The molecule has 39 heavy (non-hydrogen) atoms. The van der Waals surface area contributed by atoms with Gasteiger partial charge in [-0.25, -0.2) is 13.2 Å². The Hall–Kier alpha value is -3.21. The zero-order valence-corrected chi connectivity index (χ0v) is 21.9. The fourth-order valence-corrected chi connectivity index (χ4v) is 5.54. The molecule has 0 aliphatic carbocycles. The lowest BCUT2D eigenvalue weighted by atomic mass is 9.73. The van der Waals surface area contributed by atoms with Gasteiger partial charge in [-0.3, -0.25) is 9.78 Å². The summed E-state index contributed by atoms with van der Waals surface area (Å²) >= 11 is 0. The minimum Gasteiger partial charge on any atom is -0.497 e. The van der Waals surface area contributed by atoms with Crippen LogP contribution in [0.25, 0.3) is 10.9 Å². The Labute approximate surface area is 225 Å². The maximum atomic E-state index is 13.9. The van der Waals surface area contributed by atoms with Crippen molar-refractivity contribution in [3.05, 3.63) is 70.7 Å². The molecule has 0 radical (unpaired) electrons. The second kappa shape index (κ2) is 12.3. The van der Waals surface area contributed by atoms with Gasteiger partial charge in [-0.1, -0.05) is 0 Å². The van der Waals surface area contributed by atoms with E-state index in [1.807, 2.05) is 0 Å². The number of halogens is 3. The predicted octanol–water partition coefficient (Wildman–Crippen LogP) is 4.73. The van der Waals surface area contributed by atoms with E-state index in [1.54, 1.807) is 31.5 Å². The number of aliphatic hydroxyl groups is 1. The number of fused-ring (bicyclic) bond motifs is 1. The number of rotatable bonds is 11. The first-order chi connectivity index (χ1) is 18.7. The quantitative estimate of drug-likeness (QED) is 0.320. The van der Waals surface area contributed by atoms with E-state index in [-0.39, 0.29) is 31.4 Å². The summed E-state index contributed by atoms with van der Waals surface area (Å²) in [7, 11) is 1.56. The molecule has 0 unspecified atom stereocenters. The molecule has 0 saturated carbocycles. The van der Waals surface area contributed by atoms with Gasteiger partial charge in [-0.15, -0.1) is 0 Å². The van der Waals surface area contributed by atoms with Crippen LogP contribution >= 0.6 is 0 Å². The van der Waals surface area contributed by atoms with Crippen molar-refractivity contribution in [1.29, 1.82) is 0 Å². The lowest BCUT2D eigenvalue weighted by molar-refractivity contribution is -0.153. The molecular formula is C29H34F3N3O4. The number of nitrogens with zero attached hydrogens (tertiary/aromatic N) is 2. The number of hydrogen-bond acceptors (Lipinski definition) is 6. The van der Waals surface area contributed by atoms with Crippen molar-refractivity contribution in [2.75, 3.05) is 26.7 Å². The zero-order valence-electron chi connectivity index (χ0n) is 21.9. The highest BCUT2D eigenvalue weighted by molar-refractivity contribution is 5.85. The maximum Gasteiger partial charge on any atom is 0.309 e. The normalized spacial score (nSPS) is 16.4. The molecule has 2 heterocycles. The number of benzene rings is 2. The molecule has 3 aromatic rings. The molecular weight excluding hydrogens is 511 g/mol. The van der Waals surface area contributed by atoms with E-state index in [0.29, 0.717) is 73.4 Å². The second-order valence-electron chi connectivity index (χ2n) is 10.2. The number of carboxylic acids is 1. The first-order valence-corrected chi connectivity index (χ1v) is 13.1. The van der Waals surface area contributed by atoms with Crippen LogP contribution in [0.4, 0.5) is 13.2 Å². The van der Waals surface area contributed by atoms with Crippen LogP contribution in [0.2, 0.25) is 0 Å². The Morgan fingerprint density at radius 1 is 1.18 bits per heavy atom. The molecule has 4 rings (SSSR count). The Morgan fingerprint density at radius 2 is 1.87 bits per heavy atom. The molecule has 1 fully saturated rings. The van der Waals surface area contributed by atoms with Gasteiger partial charge in [-0.2, -0.15) is 0 Å². The number of ether oxygens (including phenoxy) is 1. The zero-order chi connectivity index (χ0) is 28.2. The molecule has 0 spiro atoms. The van der Waals surface area contributed by atoms with E-state index in [9.17, 15) is 28.2 Å². The van der Waals surface area contributed by atoms with E-state index < -0.39 is 34.9 Å². The summed E-state index contributed by atoms with van der Waals surface area (Å²) < 4.78 is 46.3. The number of aliphatic carboxylic acids is 1. The van der Waals surface area contributed by atoms with Crippen LogP contribution < -0.4 is 10.5 Å². The lowest BCUT2D eigenvalue weighted by Gasteiger charge is -2.39. The van der Waals surface area contributed by atoms with Crippen molar-refractivity contribution in [2.24, 2.45) is 11.1 Å². The standard InChI is InChI=1S/C29H34F3N3O4/c1-39-20-4-5-25-22(15-20)27(18(16-33)17-34-25)26(36)6-7-29(28(37)38)8-11-35(12-9-29)10-2-3-21-23(31)13-19(30)14-24(21)32/h4-5,13-15,17,26,36H,2-3,6-12,16,33H2,1H3,(H,37,38)/t26-/m0/s1. The first-order valence-electron chi connectivity index (χ1n) is 13.1. The SMILES string of the molecule is COc1ccc2ncc(CN)c([C@@H](O)CCC3(C(=O)O)CCN(CCCc4c(F)cc(F)cc4F)CC3)c2c1. The third-order valence-corrected chi connectivity index (χ3v) is 7.92. The summed E-state index contributed by atoms with van der Waals surface area (Å²) in [6, 6.07) is 6.74. The minimum absolute atomic E-state index is 0.124.